The summed E-state index contributed by atoms with van der Waals surface area (Å²) >= 11 is 0. The van der Waals surface area contributed by atoms with E-state index < -0.39 is 0 Å². The first-order valence-electron chi connectivity index (χ1n) is 7.84. The number of pyridine rings is 2. The van der Waals surface area contributed by atoms with Crippen LogP contribution in [0.2, 0.25) is 0 Å². The number of anilines is 2. The number of hydrogen-bond donors (Lipinski definition) is 1. The summed E-state index contributed by atoms with van der Waals surface area (Å²) in [5.41, 5.74) is 2.67. The van der Waals surface area contributed by atoms with Gasteiger partial charge in [-0.3, -0.25) is 14.8 Å². The lowest BCUT2D eigenvalue weighted by molar-refractivity contribution is 0.970. The molecule has 25 heavy (non-hydrogen) atoms. The Kier molecular flexibility index (Phi) is 3.70. The van der Waals surface area contributed by atoms with Gasteiger partial charge in [0.1, 0.15) is 0 Å². The number of nitrogens with zero attached hydrogens (tertiary/aromatic N) is 4. The summed E-state index contributed by atoms with van der Waals surface area (Å²) in [6.07, 6.45) is 4.99. The van der Waals surface area contributed by atoms with Crippen LogP contribution in [0.5, 0.6) is 0 Å². The van der Waals surface area contributed by atoms with E-state index in [-0.39, 0.29) is 5.56 Å². The van der Waals surface area contributed by atoms with Crippen LogP contribution in [0.25, 0.3) is 16.6 Å². The molecule has 0 aliphatic heterocycles. The second-order valence-corrected chi connectivity index (χ2v) is 5.62. The highest BCUT2D eigenvalue weighted by molar-refractivity contribution is 5.79. The van der Waals surface area contributed by atoms with Crippen molar-refractivity contribution < 1.29 is 0 Å². The van der Waals surface area contributed by atoms with Crippen molar-refractivity contribution in [3.8, 4) is 5.69 Å². The Morgan fingerprint density at radius 3 is 2.64 bits per heavy atom. The fourth-order valence-corrected chi connectivity index (χ4v) is 2.66. The molecule has 0 aliphatic carbocycles. The maximum Gasteiger partial charge on any atom is 0.267 e. The second kappa shape index (κ2) is 6.16. The van der Waals surface area contributed by atoms with Crippen LogP contribution in [-0.2, 0) is 0 Å². The van der Waals surface area contributed by atoms with Crippen molar-refractivity contribution in [3.05, 3.63) is 83.2 Å². The normalized spacial score (nSPS) is 10.8. The average molecular weight is 329 g/mol. The first-order valence-corrected chi connectivity index (χ1v) is 7.84. The number of fused-ring (bicyclic) bond motifs is 1. The van der Waals surface area contributed by atoms with E-state index in [0.29, 0.717) is 16.9 Å². The summed E-state index contributed by atoms with van der Waals surface area (Å²) in [4.78, 5) is 26.1. The standard InChI is InChI=1S/C19H15N5O/c1-13-10-16-17(12-21-13)23-19(22-14-6-5-9-20-11-14)24(18(16)25)15-7-3-2-4-8-15/h2-12H,1H3,(H,22,23). The van der Waals surface area contributed by atoms with Crippen molar-refractivity contribution in [1.82, 2.24) is 19.5 Å². The molecule has 0 aliphatic rings. The monoisotopic (exact) mass is 329 g/mol. The first-order chi connectivity index (χ1) is 12.2. The van der Waals surface area contributed by atoms with E-state index in [1.165, 1.54) is 0 Å². The Morgan fingerprint density at radius 1 is 1.04 bits per heavy atom. The number of para-hydroxylation sites is 1. The van der Waals surface area contributed by atoms with E-state index >= 15 is 0 Å². The largest absolute Gasteiger partial charge is 0.324 e. The minimum absolute atomic E-state index is 0.145. The number of nitrogens with one attached hydrogen (secondary N) is 1. The van der Waals surface area contributed by atoms with E-state index in [2.05, 4.69) is 20.3 Å². The van der Waals surface area contributed by atoms with E-state index in [1.54, 1.807) is 29.2 Å². The first kappa shape index (κ1) is 15.0. The quantitative estimate of drug-likeness (QED) is 0.625. The maximum absolute atomic E-state index is 13.1. The predicted molar refractivity (Wildman–Crippen MR) is 97.4 cm³/mol. The Hall–Kier alpha value is -3.54. The van der Waals surface area contributed by atoms with Crippen molar-refractivity contribution in [3.63, 3.8) is 0 Å². The van der Waals surface area contributed by atoms with Crippen LogP contribution in [0.15, 0.2) is 71.9 Å². The van der Waals surface area contributed by atoms with Gasteiger partial charge in [0.15, 0.2) is 0 Å². The predicted octanol–water partition coefficient (Wildman–Crippen LogP) is 3.23. The molecule has 3 aromatic heterocycles. The number of benzene rings is 1. The van der Waals surface area contributed by atoms with Crippen molar-refractivity contribution >= 4 is 22.5 Å². The maximum atomic E-state index is 13.1. The van der Waals surface area contributed by atoms with Gasteiger partial charge in [0.25, 0.3) is 5.56 Å². The molecule has 122 valence electrons. The molecule has 0 saturated carbocycles. The highest BCUT2D eigenvalue weighted by atomic mass is 16.1. The van der Waals surface area contributed by atoms with Crippen LogP contribution in [-0.4, -0.2) is 19.5 Å². The molecular formula is C19H15N5O. The molecule has 0 bridgehead atoms. The molecule has 4 aromatic rings. The van der Waals surface area contributed by atoms with Crippen LogP contribution in [0.4, 0.5) is 11.6 Å². The van der Waals surface area contributed by atoms with Gasteiger partial charge in [-0.05, 0) is 37.3 Å². The molecule has 0 saturated heterocycles. The van der Waals surface area contributed by atoms with Crippen LogP contribution in [0.3, 0.4) is 0 Å². The van der Waals surface area contributed by atoms with Gasteiger partial charge in [0.05, 0.1) is 34.7 Å². The fraction of sp³-hybridized carbons (Fsp3) is 0.0526. The molecule has 4 rings (SSSR count). The zero-order chi connectivity index (χ0) is 17.2. The third-order valence-corrected chi connectivity index (χ3v) is 3.82. The molecule has 0 spiro atoms. The highest BCUT2D eigenvalue weighted by Crippen LogP contribution is 2.19. The summed E-state index contributed by atoms with van der Waals surface area (Å²) in [5.74, 6) is 0.419. The molecule has 1 N–H and O–H groups in total. The van der Waals surface area contributed by atoms with Gasteiger partial charge in [0, 0.05) is 11.9 Å². The zero-order valence-corrected chi connectivity index (χ0v) is 13.5. The molecule has 6 heteroatoms. The molecule has 0 radical (unpaired) electrons. The fourth-order valence-electron chi connectivity index (χ4n) is 2.66. The number of hydrogen-bond acceptors (Lipinski definition) is 5. The molecule has 3 heterocycles. The van der Waals surface area contributed by atoms with E-state index in [0.717, 1.165) is 17.1 Å². The van der Waals surface area contributed by atoms with Gasteiger partial charge in [-0.2, -0.15) is 0 Å². The Balaban J connectivity index is 1.99. The van der Waals surface area contributed by atoms with Crippen LogP contribution < -0.4 is 10.9 Å². The Bertz CT molecular complexity index is 1090. The summed E-state index contributed by atoms with van der Waals surface area (Å²) in [7, 11) is 0. The van der Waals surface area contributed by atoms with Crippen molar-refractivity contribution in [2.24, 2.45) is 0 Å². The zero-order valence-electron chi connectivity index (χ0n) is 13.5. The minimum atomic E-state index is -0.145. The Morgan fingerprint density at radius 2 is 1.88 bits per heavy atom. The van der Waals surface area contributed by atoms with E-state index in [4.69, 9.17) is 0 Å². The topological polar surface area (TPSA) is 72.7 Å². The van der Waals surface area contributed by atoms with Gasteiger partial charge in [-0.15, -0.1) is 0 Å². The molecule has 6 nitrogen and oxygen atoms in total. The summed E-state index contributed by atoms with van der Waals surface area (Å²) in [6.45, 7) is 1.85. The average Bonchev–Trinajstić information content (AvgIpc) is 2.64. The number of aromatic nitrogens is 4. The Labute approximate surface area is 143 Å². The van der Waals surface area contributed by atoms with Gasteiger partial charge >= 0.3 is 0 Å². The molecular weight excluding hydrogens is 314 g/mol. The lowest BCUT2D eigenvalue weighted by atomic mass is 10.2. The van der Waals surface area contributed by atoms with Gasteiger partial charge < -0.3 is 5.32 Å². The van der Waals surface area contributed by atoms with E-state index in [9.17, 15) is 4.79 Å². The van der Waals surface area contributed by atoms with Gasteiger partial charge in [-0.25, -0.2) is 9.55 Å². The molecule has 1 aromatic carbocycles. The van der Waals surface area contributed by atoms with Crippen molar-refractivity contribution in [2.45, 2.75) is 6.92 Å². The smallest absolute Gasteiger partial charge is 0.267 e. The molecule has 0 unspecified atom stereocenters. The van der Waals surface area contributed by atoms with Gasteiger partial charge in [0.2, 0.25) is 5.95 Å². The van der Waals surface area contributed by atoms with Gasteiger partial charge in [-0.1, -0.05) is 18.2 Å². The second-order valence-electron chi connectivity index (χ2n) is 5.62. The summed E-state index contributed by atoms with van der Waals surface area (Å²) < 4.78 is 1.56. The minimum Gasteiger partial charge on any atom is -0.324 e. The van der Waals surface area contributed by atoms with Crippen molar-refractivity contribution in [1.29, 1.82) is 0 Å². The summed E-state index contributed by atoms with van der Waals surface area (Å²) in [6, 6.07) is 14.9. The lowest BCUT2D eigenvalue weighted by Gasteiger charge is -2.14. The third kappa shape index (κ3) is 2.85. The third-order valence-electron chi connectivity index (χ3n) is 3.82. The summed E-state index contributed by atoms with van der Waals surface area (Å²) in [5, 5.41) is 3.72. The molecule has 0 amide bonds. The van der Waals surface area contributed by atoms with E-state index in [1.807, 2.05) is 49.4 Å². The molecule has 0 fully saturated rings. The highest BCUT2D eigenvalue weighted by Gasteiger charge is 2.13. The SMILES string of the molecule is Cc1cc2c(=O)n(-c3ccccc3)c(Nc3cccnc3)nc2cn1. The molecule has 0 atom stereocenters. The number of aryl methyl sites for hydroxylation is 1. The van der Waals surface area contributed by atoms with Crippen LogP contribution >= 0.6 is 0 Å². The lowest BCUT2D eigenvalue weighted by Crippen LogP contribution is -2.23. The van der Waals surface area contributed by atoms with Crippen LogP contribution in [0.1, 0.15) is 5.69 Å². The van der Waals surface area contributed by atoms with Crippen LogP contribution in [0, 0.1) is 6.92 Å². The number of rotatable bonds is 3. The van der Waals surface area contributed by atoms with Crippen molar-refractivity contribution in [2.75, 3.05) is 5.32 Å².